The van der Waals surface area contributed by atoms with Gasteiger partial charge in [0.15, 0.2) is 5.82 Å². The molecule has 4 nitrogen and oxygen atoms in total. The molecule has 0 amide bonds. The van der Waals surface area contributed by atoms with Crippen molar-refractivity contribution >= 4 is 21.8 Å². The second-order valence-electron chi connectivity index (χ2n) is 11.2. The van der Waals surface area contributed by atoms with Crippen LogP contribution < -0.4 is 0 Å². The largest absolute Gasteiger partial charge is 0.251 e. The van der Waals surface area contributed by atoms with Gasteiger partial charge in [-0.2, -0.15) is 0 Å². The molecule has 212 valence electrons. The minimum absolute atomic E-state index is 0.703. The number of aromatic nitrogens is 4. The highest BCUT2D eigenvalue weighted by Gasteiger charge is 2.15. The van der Waals surface area contributed by atoms with Gasteiger partial charge in [0, 0.05) is 38.7 Å². The van der Waals surface area contributed by atoms with Crippen LogP contribution in [0.3, 0.4) is 0 Å². The first-order valence-electron chi connectivity index (χ1n) is 15.1. The lowest BCUT2D eigenvalue weighted by Crippen LogP contribution is -1.96. The first-order valence-corrected chi connectivity index (χ1v) is 15.1. The number of nitrogens with zero attached hydrogens (tertiary/aromatic N) is 4. The van der Waals surface area contributed by atoms with Crippen molar-refractivity contribution in [1.82, 2.24) is 19.9 Å². The zero-order valence-electron chi connectivity index (χ0n) is 24.7. The van der Waals surface area contributed by atoms with Gasteiger partial charge in [-0.05, 0) is 42.3 Å². The standard InChI is InChI=1S/C41H28N4/c1-27-24-35(34-22-20-30-21-23-36(28-12-5-2-6-13-28)43-39(30)40(34)42-27)32-18-11-19-33(25-32)38-26-37(29-14-7-3-8-15-29)44-41(45-38)31-16-9-4-10-17-31/h2-26H,1H3. The zero-order chi connectivity index (χ0) is 30.2. The Bertz CT molecular complexity index is 2260. The highest BCUT2D eigenvalue weighted by molar-refractivity contribution is 6.09. The molecule has 8 aromatic rings. The van der Waals surface area contributed by atoms with Crippen molar-refractivity contribution in [3.63, 3.8) is 0 Å². The average molecular weight is 577 g/mol. The number of hydrogen-bond acceptors (Lipinski definition) is 4. The fraction of sp³-hybridized carbons (Fsp3) is 0.0244. The lowest BCUT2D eigenvalue weighted by atomic mass is 9.96. The Morgan fingerprint density at radius 2 is 0.956 bits per heavy atom. The van der Waals surface area contributed by atoms with E-state index in [-0.39, 0.29) is 0 Å². The van der Waals surface area contributed by atoms with Crippen molar-refractivity contribution in [2.24, 2.45) is 0 Å². The summed E-state index contributed by atoms with van der Waals surface area (Å²) in [4.78, 5) is 20.1. The quantitative estimate of drug-likeness (QED) is 0.191. The van der Waals surface area contributed by atoms with Crippen LogP contribution in [0.4, 0.5) is 0 Å². The highest BCUT2D eigenvalue weighted by Crippen LogP contribution is 2.35. The lowest BCUT2D eigenvalue weighted by Gasteiger charge is -2.13. The molecule has 0 N–H and O–H groups in total. The van der Waals surface area contributed by atoms with Crippen LogP contribution in [0.5, 0.6) is 0 Å². The first-order chi connectivity index (χ1) is 22.2. The zero-order valence-corrected chi connectivity index (χ0v) is 24.7. The van der Waals surface area contributed by atoms with E-state index in [0.717, 1.165) is 78.0 Å². The maximum Gasteiger partial charge on any atom is 0.160 e. The van der Waals surface area contributed by atoms with Gasteiger partial charge in [-0.15, -0.1) is 0 Å². The van der Waals surface area contributed by atoms with Crippen LogP contribution in [0.25, 0.3) is 78.1 Å². The van der Waals surface area contributed by atoms with Gasteiger partial charge in [-0.3, -0.25) is 4.98 Å². The molecule has 0 aliphatic carbocycles. The molecule has 3 heterocycles. The topological polar surface area (TPSA) is 51.6 Å². The molecule has 0 aliphatic heterocycles. The monoisotopic (exact) mass is 576 g/mol. The van der Waals surface area contributed by atoms with Crippen molar-refractivity contribution in [1.29, 1.82) is 0 Å². The van der Waals surface area contributed by atoms with E-state index in [1.807, 2.05) is 54.6 Å². The van der Waals surface area contributed by atoms with Crippen molar-refractivity contribution < 1.29 is 0 Å². The SMILES string of the molecule is Cc1cc(-c2cccc(-c3cc(-c4ccccc4)nc(-c4ccccc4)n3)c2)c2ccc3ccc(-c4ccccc4)nc3c2n1. The number of aryl methyl sites for hydroxylation is 1. The second kappa shape index (κ2) is 11.3. The van der Waals surface area contributed by atoms with Gasteiger partial charge in [0.05, 0.1) is 28.1 Å². The van der Waals surface area contributed by atoms with Crippen LogP contribution in [0.2, 0.25) is 0 Å². The van der Waals surface area contributed by atoms with E-state index in [0.29, 0.717) is 5.82 Å². The summed E-state index contributed by atoms with van der Waals surface area (Å²) in [6, 6.07) is 52.1. The van der Waals surface area contributed by atoms with E-state index < -0.39 is 0 Å². The summed E-state index contributed by atoms with van der Waals surface area (Å²) in [6.07, 6.45) is 0. The normalized spacial score (nSPS) is 11.2. The lowest BCUT2D eigenvalue weighted by molar-refractivity contribution is 1.18. The summed E-state index contributed by atoms with van der Waals surface area (Å²) >= 11 is 0. The van der Waals surface area contributed by atoms with Crippen LogP contribution in [0, 0.1) is 6.92 Å². The minimum atomic E-state index is 0.703. The smallest absolute Gasteiger partial charge is 0.160 e. The molecule has 5 aromatic carbocycles. The molecule has 0 aliphatic rings. The third-order valence-corrected chi connectivity index (χ3v) is 8.13. The molecule has 0 saturated carbocycles. The third kappa shape index (κ3) is 5.13. The molecular weight excluding hydrogens is 548 g/mol. The van der Waals surface area contributed by atoms with Crippen molar-refractivity contribution in [2.75, 3.05) is 0 Å². The number of rotatable bonds is 5. The molecule has 0 unspecified atom stereocenters. The molecule has 4 heteroatoms. The van der Waals surface area contributed by atoms with Gasteiger partial charge in [0.25, 0.3) is 0 Å². The summed E-state index contributed by atoms with van der Waals surface area (Å²) in [6.45, 7) is 2.05. The maximum atomic E-state index is 5.11. The predicted octanol–water partition coefficient (Wildman–Crippen LogP) is 10.2. The van der Waals surface area contributed by atoms with E-state index in [9.17, 15) is 0 Å². The van der Waals surface area contributed by atoms with Crippen molar-refractivity contribution in [3.8, 4) is 56.3 Å². The maximum absolute atomic E-state index is 5.11. The molecule has 8 rings (SSSR count). The molecular formula is C41H28N4. The predicted molar refractivity (Wildman–Crippen MR) is 185 cm³/mol. The van der Waals surface area contributed by atoms with E-state index in [4.69, 9.17) is 19.9 Å². The van der Waals surface area contributed by atoms with Gasteiger partial charge in [0.1, 0.15) is 0 Å². The van der Waals surface area contributed by atoms with Crippen molar-refractivity contribution in [2.45, 2.75) is 6.92 Å². The molecule has 0 fully saturated rings. The molecule has 0 atom stereocenters. The molecule has 0 saturated heterocycles. The van der Waals surface area contributed by atoms with Gasteiger partial charge in [-0.1, -0.05) is 127 Å². The second-order valence-corrected chi connectivity index (χ2v) is 11.2. The molecule has 0 bridgehead atoms. The number of hydrogen-bond donors (Lipinski definition) is 0. The number of pyridine rings is 2. The Kier molecular flexibility index (Phi) is 6.65. The van der Waals surface area contributed by atoms with E-state index in [1.165, 1.54) is 0 Å². The first kappa shape index (κ1) is 26.6. The molecule has 0 spiro atoms. The summed E-state index contributed by atoms with van der Waals surface area (Å²) in [5, 5.41) is 2.14. The molecule has 45 heavy (non-hydrogen) atoms. The fourth-order valence-electron chi connectivity index (χ4n) is 5.92. The van der Waals surface area contributed by atoms with Crippen LogP contribution >= 0.6 is 0 Å². The summed E-state index contributed by atoms with van der Waals surface area (Å²) in [5.41, 5.74) is 11.8. The third-order valence-electron chi connectivity index (χ3n) is 8.13. The van der Waals surface area contributed by atoms with Gasteiger partial charge in [0.2, 0.25) is 0 Å². The number of fused-ring (bicyclic) bond motifs is 3. The van der Waals surface area contributed by atoms with Crippen LogP contribution in [-0.4, -0.2) is 19.9 Å². The summed E-state index contributed by atoms with van der Waals surface area (Å²) in [7, 11) is 0. The summed E-state index contributed by atoms with van der Waals surface area (Å²) in [5.74, 6) is 0.703. The van der Waals surface area contributed by atoms with E-state index >= 15 is 0 Å². The summed E-state index contributed by atoms with van der Waals surface area (Å²) < 4.78 is 0. The average Bonchev–Trinajstić information content (AvgIpc) is 3.12. The van der Waals surface area contributed by atoms with Gasteiger partial charge < -0.3 is 0 Å². The van der Waals surface area contributed by atoms with Crippen molar-refractivity contribution in [3.05, 3.63) is 157 Å². The Morgan fingerprint density at radius 3 is 1.67 bits per heavy atom. The van der Waals surface area contributed by atoms with Crippen LogP contribution in [0.1, 0.15) is 5.69 Å². The van der Waals surface area contributed by atoms with E-state index in [2.05, 4.69) is 104 Å². The minimum Gasteiger partial charge on any atom is -0.251 e. The molecule has 3 aromatic heterocycles. The Balaban J connectivity index is 1.29. The Morgan fingerprint density at radius 1 is 0.378 bits per heavy atom. The van der Waals surface area contributed by atoms with Gasteiger partial charge >= 0.3 is 0 Å². The Hall–Kier alpha value is -6.00. The van der Waals surface area contributed by atoms with Crippen LogP contribution in [0.15, 0.2) is 152 Å². The van der Waals surface area contributed by atoms with Gasteiger partial charge in [-0.25, -0.2) is 15.0 Å². The fourth-order valence-corrected chi connectivity index (χ4v) is 5.92. The highest BCUT2D eigenvalue weighted by atomic mass is 14.9. The molecule has 0 radical (unpaired) electrons. The Labute approximate surface area is 261 Å². The van der Waals surface area contributed by atoms with Crippen LogP contribution in [-0.2, 0) is 0 Å². The van der Waals surface area contributed by atoms with E-state index in [1.54, 1.807) is 0 Å². The number of benzene rings is 5.